The molecular weight excluding hydrogens is 202 g/mol. The van der Waals surface area contributed by atoms with Gasteiger partial charge in [0.25, 0.3) is 0 Å². The van der Waals surface area contributed by atoms with Crippen LogP contribution >= 0.6 is 0 Å². The number of rotatable bonds is 4. The first kappa shape index (κ1) is 11.4. The Morgan fingerprint density at radius 3 is 2.73 bits per heavy atom. The van der Waals surface area contributed by atoms with E-state index in [-0.39, 0.29) is 17.7 Å². The molecule has 15 heavy (non-hydrogen) atoms. The van der Waals surface area contributed by atoms with Crippen LogP contribution in [0.5, 0.6) is 0 Å². The molecule has 0 radical (unpaired) electrons. The van der Waals surface area contributed by atoms with Crippen molar-refractivity contribution in [1.29, 1.82) is 0 Å². The van der Waals surface area contributed by atoms with Gasteiger partial charge in [-0.2, -0.15) is 0 Å². The summed E-state index contributed by atoms with van der Waals surface area (Å²) in [5, 5.41) is 0. The molecule has 1 aromatic heterocycles. The Bertz CT molecular complexity index is 398. The van der Waals surface area contributed by atoms with Crippen LogP contribution in [0.25, 0.3) is 0 Å². The second-order valence-electron chi connectivity index (χ2n) is 2.68. The SMILES string of the molecule is COOCc1cc(=O)cc(C(=O)OC)[nH]1. The fourth-order valence-electron chi connectivity index (χ4n) is 1.02. The van der Waals surface area contributed by atoms with E-state index in [1.165, 1.54) is 20.3 Å². The lowest BCUT2D eigenvalue weighted by Gasteiger charge is -2.03. The van der Waals surface area contributed by atoms with Gasteiger partial charge in [-0.05, 0) is 0 Å². The van der Waals surface area contributed by atoms with Gasteiger partial charge in [0, 0.05) is 17.8 Å². The van der Waals surface area contributed by atoms with Crippen molar-refractivity contribution in [2.75, 3.05) is 14.2 Å². The van der Waals surface area contributed by atoms with E-state index in [0.29, 0.717) is 5.69 Å². The Morgan fingerprint density at radius 1 is 1.40 bits per heavy atom. The van der Waals surface area contributed by atoms with E-state index < -0.39 is 5.97 Å². The number of ether oxygens (including phenoxy) is 1. The molecular formula is C9H11NO5. The van der Waals surface area contributed by atoms with Crippen molar-refractivity contribution in [2.45, 2.75) is 6.61 Å². The molecule has 0 aromatic carbocycles. The highest BCUT2D eigenvalue weighted by Gasteiger charge is 2.08. The summed E-state index contributed by atoms with van der Waals surface area (Å²) in [5.74, 6) is -0.605. The van der Waals surface area contributed by atoms with Gasteiger partial charge in [-0.25, -0.2) is 14.6 Å². The molecule has 1 rings (SSSR count). The maximum absolute atomic E-state index is 11.2. The molecule has 0 bridgehead atoms. The van der Waals surface area contributed by atoms with Crippen molar-refractivity contribution in [3.05, 3.63) is 33.7 Å². The number of nitrogens with one attached hydrogen (secondary N) is 1. The number of carbonyl (C=O) groups is 1. The molecule has 6 nitrogen and oxygen atoms in total. The predicted octanol–water partition coefficient (Wildman–Crippen LogP) is 0.239. The van der Waals surface area contributed by atoms with Crippen LogP contribution in [0.1, 0.15) is 16.2 Å². The van der Waals surface area contributed by atoms with Crippen LogP contribution < -0.4 is 5.43 Å². The van der Waals surface area contributed by atoms with Gasteiger partial charge in [-0.3, -0.25) is 4.79 Å². The lowest BCUT2D eigenvalue weighted by molar-refractivity contribution is -0.282. The predicted molar refractivity (Wildman–Crippen MR) is 50.2 cm³/mol. The normalized spacial score (nSPS) is 10.0. The van der Waals surface area contributed by atoms with Gasteiger partial charge in [0.2, 0.25) is 0 Å². The molecule has 1 aromatic rings. The van der Waals surface area contributed by atoms with E-state index in [4.69, 9.17) is 0 Å². The third-order valence-corrected chi connectivity index (χ3v) is 1.64. The summed E-state index contributed by atoms with van der Waals surface area (Å²) in [6.07, 6.45) is 0. The van der Waals surface area contributed by atoms with E-state index in [0.717, 1.165) is 6.07 Å². The fourth-order valence-corrected chi connectivity index (χ4v) is 1.02. The van der Waals surface area contributed by atoms with Crippen molar-refractivity contribution >= 4 is 5.97 Å². The van der Waals surface area contributed by atoms with E-state index in [9.17, 15) is 9.59 Å². The fraction of sp³-hybridized carbons (Fsp3) is 0.333. The van der Waals surface area contributed by atoms with Crippen LogP contribution in [-0.4, -0.2) is 25.2 Å². The molecule has 1 heterocycles. The van der Waals surface area contributed by atoms with Crippen molar-refractivity contribution in [3.63, 3.8) is 0 Å². The van der Waals surface area contributed by atoms with Crippen LogP contribution in [0.3, 0.4) is 0 Å². The zero-order valence-corrected chi connectivity index (χ0v) is 8.40. The summed E-state index contributed by atoms with van der Waals surface area (Å²) in [6.45, 7) is 0.0522. The van der Waals surface area contributed by atoms with Gasteiger partial charge in [-0.1, -0.05) is 0 Å². The lowest BCUT2D eigenvalue weighted by Crippen LogP contribution is -2.13. The summed E-state index contributed by atoms with van der Waals surface area (Å²) in [7, 11) is 2.58. The summed E-state index contributed by atoms with van der Waals surface area (Å²) in [6, 6.07) is 2.47. The largest absolute Gasteiger partial charge is 0.464 e. The van der Waals surface area contributed by atoms with Gasteiger partial charge in [0.15, 0.2) is 5.43 Å². The third kappa shape index (κ3) is 3.19. The van der Waals surface area contributed by atoms with E-state index in [1.54, 1.807) is 0 Å². The number of carbonyl (C=O) groups excluding carboxylic acids is 1. The highest BCUT2D eigenvalue weighted by molar-refractivity contribution is 5.87. The number of methoxy groups -OCH3 is 1. The molecule has 0 unspecified atom stereocenters. The number of hydrogen-bond donors (Lipinski definition) is 1. The Labute approximate surface area is 85.7 Å². The first-order valence-electron chi connectivity index (χ1n) is 4.14. The molecule has 0 aliphatic rings. The Kier molecular flexibility index (Phi) is 4.02. The van der Waals surface area contributed by atoms with Gasteiger partial charge in [0.1, 0.15) is 12.3 Å². The first-order chi connectivity index (χ1) is 7.17. The molecule has 1 N–H and O–H groups in total. The number of aromatic nitrogens is 1. The Balaban J connectivity index is 2.94. The maximum atomic E-state index is 11.2. The molecule has 0 saturated heterocycles. The van der Waals surface area contributed by atoms with Crippen LogP contribution in [0.4, 0.5) is 0 Å². The lowest BCUT2D eigenvalue weighted by atomic mass is 10.3. The summed E-state index contributed by atoms with van der Waals surface area (Å²) >= 11 is 0. The number of esters is 1. The van der Waals surface area contributed by atoms with Crippen molar-refractivity contribution < 1.29 is 19.3 Å². The average Bonchev–Trinajstić information content (AvgIpc) is 2.24. The van der Waals surface area contributed by atoms with Crippen LogP contribution in [0.2, 0.25) is 0 Å². The first-order valence-corrected chi connectivity index (χ1v) is 4.14. The van der Waals surface area contributed by atoms with Crippen molar-refractivity contribution in [2.24, 2.45) is 0 Å². The van der Waals surface area contributed by atoms with Crippen LogP contribution in [0, 0.1) is 0 Å². The molecule has 0 atom stereocenters. The molecule has 0 saturated carbocycles. The molecule has 0 fully saturated rings. The molecule has 0 aliphatic carbocycles. The number of hydrogen-bond acceptors (Lipinski definition) is 5. The molecule has 0 spiro atoms. The van der Waals surface area contributed by atoms with Gasteiger partial charge >= 0.3 is 5.97 Å². The Morgan fingerprint density at radius 2 is 2.13 bits per heavy atom. The summed E-state index contributed by atoms with van der Waals surface area (Å²) in [4.78, 5) is 34.0. The maximum Gasteiger partial charge on any atom is 0.354 e. The second kappa shape index (κ2) is 5.28. The van der Waals surface area contributed by atoms with Gasteiger partial charge in [0.05, 0.1) is 14.2 Å². The highest BCUT2D eigenvalue weighted by atomic mass is 17.2. The average molecular weight is 213 g/mol. The van der Waals surface area contributed by atoms with E-state index in [1.807, 2.05) is 0 Å². The topological polar surface area (TPSA) is 77.6 Å². The molecule has 82 valence electrons. The standard InChI is InChI=1S/C9H11NO5/c1-13-9(12)8-4-7(11)3-6(10-8)5-15-14-2/h3-4H,5H2,1-2H3,(H,10,11). The third-order valence-electron chi connectivity index (χ3n) is 1.64. The molecule has 6 heteroatoms. The minimum absolute atomic E-state index is 0.0522. The van der Waals surface area contributed by atoms with Crippen LogP contribution in [-0.2, 0) is 21.1 Å². The molecule has 0 aliphatic heterocycles. The summed E-state index contributed by atoms with van der Waals surface area (Å²) in [5.41, 5.74) is 0.216. The highest BCUT2D eigenvalue weighted by Crippen LogP contribution is 1.99. The quantitative estimate of drug-likeness (QED) is 0.440. The van der Waals surface area contributed by atoms with Crippen molar-refractivity contribution in [1.82, 2.24) is 4.98 Å². The molecule has 0 amide bonds. The number of aromatic amines is 1. The minimum Gasteiger partial charge on any atom is -0.464 e. The zero-order valence-electron chi connectivity index (χ0n) is 8.40. The van der Waals surface area contributed by atoms with Crippen molar-refractivity contribution in [3.8, 4) is 0 Å². The van der Waals surface area contributed by atoms with Crippen LogP contribution in [0.15, 0.2) is 16.9 Å². The number of pyridine rings is 1. The number of H-pyrrole nitrogens is 1. The summed E-state index contributed by atoms with van der Waals surface area (Å²) < 4.78 is 4.47. The van der Waals surface area contributed by atoms with Gasteiger partial charge < -0.3 is 9.72 Å². The Hall–Kier alpha value is -1.66. The second-order valence-corrected chi connectivity index (χ2v) is 2.68. The van der Waals surface area contributed by atoms with Gasteiger partial charge in [-0.15, -0.1) is 0 Å². The van der Waals surface area contributed by atoms with E-state index >= 15 is 0 Å². The minimum atomic E-state index is -0.605. The monoisotopic (exact) mass is 213 g/mol. The zero-order chi connectivity index (χ0) is 11.3. The smallest absolute Gasteiger partial charge is 0.354 e. The van der Waals surface area contributed by atoms with E-state index in [2.05, 4.69) is 19.5 Å².